The normalized spacial score (nSPS) is 29.4. The summed E-state index contributed by atoms with van der Waals surface area (Å²) in [5.74, 6) is 0.437. The third-order valence-corrected chi connectivity index (χ3v) is 8.90. The summed E-state index contributed by atoms with van der Waals surface area (Å²) in [7, 11) is -2.99. The molecule has 7 heteroatoms. The van der Waals surface area contributed by atoms with Crippen molar-refractivity contribution in [2.45, 2.75) is 63.7 Å². The second kappa shape index (κ2) is 9.37. The number of carbonyl (C=O) groups excluding carboxylic acids is 1. The summed E-state index contributed by atoms with van der Waals surface area (Å²) >= 11 is 0. The van der Waals surface area contributed by atoms with E-state index in [1.807, 2.05) is 11.8 Å². The van der Waals surface area contributed by atoms with Gasteiger partial charge < -0.3 is 4.90 Å². The highest BCUT2D eigenvalue weighted by atomic mass is 32.2. The molecule has 0 N–H and O–H groups in total. The number of amides is 1. The van der Waals surface area contributed by atoms with Crippen LogP contribution in [-0.2, 0) is 21.2 Å². The van der Waals surface area contributed by atoms with Crippen LogP contribution in [0.3, 0.4) is 0 Å². The molecule has 0 saturated carbocycles. The lowest BCUT2D eigenvalue weighted by atomic mass is 10.0. The minimum atomic E-state index is -2.99. The van der Waals surface area contributed by atoms with Gasteiger partial charge in [0, 0.05) is 31.2 Å². The van der Waals surface area contributed by atoms with E-state index in [4.69, 9.17) is 0 Å². The molecule has 0 bridgehead atoms. The number of carbonyl (C=O) groups is 1. The SMILES string of the molecule is CCN(C(=O)CN1CCCC1C1CCCN1Cc1ccccc1)C1CCS(=O)(=O)C1. The Kier molecular flexibility index (Phi) is 6.80. The molecule has 1 amide bonds. The van der Waals surface area contributed by atoms with Gasteiger partial charge in [0.25, 0.3) is 0 Å². The molecule has 30 heavy (non-hydrogen) atoms. The fourth-order valence-electron chi connectivity index (χ4n) is 5.71. The van der Waals surface area contributed by atoms with Gasteiger partial charge in [0.15, 0.2) is 9.84 Å². The topological polar surface area (TPSA) is 60.9 Å². The summed E-state index contributed by atoms with van der Waals surface area (Å²) in [6.45, 7) is 6.03. The van der Waals surface area contributed by atoms with Crippen molar-refractivity contribution < 1.29 is 13.2 Å². The van der Waals surface area contributed by atoms with Gasteiger partial charge in [-0.25, -0.2) is 8.42 Å². The Hall–Kier alpha value is -1.44. The van der Waals surface area contributed by atoms with Gasteiger partial charge in [-0.15, -0.1) is 0 Å². The second-order valence-electron chi connectivity index (χ2n) is 9.08. The van der Waals surface area contributed by atoms with E-state index in [1.54, 1.807) is 0 Å². The van der Waals surface area contributed by atoms with Crippen LogP contribution in [0.15, 0.2) is 30.3 Å². The monoisotopic (exact) mass is 433 g/mol. The minimum Gasteiger partial charge on any atom is -0.338 e. The largest absolute Gasteiger partial charge is 0.338 e. The van der Waals surface area contributed by atoms with Crippen molar-refractivity contribution in [3.63, 3.8) is 0 Å². The van der Waals surface area contributed by atoms with Gasteiger partial charge in [-0.1, -0.05) is 30.3 Å². The van der Waals surface area contributed by atoms with E-state index >= 15 is 0 Å². The fourth-order valence-corrected chi connectivity index (χ4v) is 7.44. The van der Waals surface area contributed by atoms with E-state index in [0.717, 1.165) is 32.5 Å². The first kappa shape index (κ1) is 21.8. The summed E-state index contributed by atoms with van der Waals surface area (Å²) in [5, 5.41) is 0. The van der Waals surface area contributed by atoms with Crippen LogP contribution in [0.1, 0.15) is 44.6 Å². The quantitative estimate of drug-likeness (QED) is 0.659. The standard InChI is InChI=1S/C23H35N3O3S/c1-2-26(20-12-15-30(28,29)18-20)23(27)17-25-14-7-11-22(25)21-10-6-13-24(21)16-19-8-4-3-5-9-19/h3-5,8-9,20-22H,2,6-7,10-18H2,1H3. The summed E-state index contributed by atoms with van der Waals surface area (Å²) in [4.78, 5) is 19.9. The van der Waals surface area contributed by atoms with Crippen LogP contribution in [0.2, 0.25) is 0 Å². The average Bonchev–Trinajstić information content (AvgIpc) is 3.44. The van der Waals surface area contributed by atoms with Crippen LogP contribution in [0.5, 0.6) is 0 Å². The Bertz CT molecular complexity index is 829. The van der Waals surface area contributed by atoms with Crippen molar-refractivity contribution >= 4 is 15.7 Å². The molecule has 3 unspecified atom stereocenters. The predicted octanol–water partition coefficient (Wildman–Crippen LogP) is 2.15. The first-order valence-electron chi connectivity index (χ1n) is 11.5. The number of sulfone groups is 1. The lowest BCUT2D eigenvalue weighted by Crippen LogP contribution is -2.51. The average molecular weight is 434 g/mol. The van der Waals surface area contributed by atoms with Crippen molar-refractivity contribution in [3.8, 4) is 0 Å². The third kappa shape index (κ3) is 4.89. The van der Waals surface area contributed by atoms with Gasteiger partial charge >= 0.3 is 0 Å². The Morgan fingerprint density at radius 1 is 1.03 bits per heavy atom. The molecule has 0 aliphatic carbocycles. The first-order valence-corrected chi connectivity index (χ1v) is 13.3. The van der Waals surface area contributed by atoms with E-state index in [0.29, 0.717) is 31.6 Å². The van der Waals surface area contributed by atoms with Crippen molar-refractivity contribution in [2.75, 3.05) is 37.7 Å². The maximum atomic E-state index is 13.1. The van der Waals surface area contributed by atoms with Gasteiger partial charge in [-0.2, -0.15) is 0 Å². The molecule has 3 saturated heterocycles. The van der Waals surface area contributed by atoms with Crippen LogP contribution < -0.4 is 0 Å². The number of nitrogens with zero attached hydrogens (tertiary/aromatic N) is 3. The zero-order valence-electron chi connectivity index (χ0n) is 18.1. The molecule has 166 valence electrons. The molecule has 4 rings (SSSR count). The van der Waals surface area contributed by atoms with Crippen molar-refractivity contribution in [3.05, 3.63) is 35.9 Å². The molecular weight excluding hydrogens is 398 g/mol. The maximum Gasteiger partial charge on any atom is 0.237 e. The highest BCUT2D eigenvalue weighted by molar-refractivity contribution is 7.91. The molecule has 3 atom stereocenters. The predicted molar refractivity (Wildman–Crippen MR) is 119 cm³/mol. The van der Waals surface area contributed by atoms with Crippen molar-refractivity contribution in [1.82, 2.24) is 14.7 Å². The zero-order valence-corrected chi connectivity index (χ0v) is 18.9. The Morgan fingerprint density at radius 2 is 1.70 bits per heavy atom. The molecule has 1 aromatic carbocycles. The van der Waals surface area contributed by atoms with E-state index in [2.05, 4.69) is 40.1 Å². The van der Waals surface area contributed by atoms with Crippen LogP contribution in [0.25, 0.3) is 0 Å². The van der Waals surface area contributed by atoms with Crippen molar-refractivity contribution in [2.24, 2.45) is 0 Å². The molecule has 0 spiro atoms. The molecule has 0 radical (unpaired) electrons. The van der Waals surface area contributed by atoms with E-state index < -0.39 is 9.84 Å². The number of rotatable bonds is 7. The molecule has 3 aliphatic rings. The van der Waals surface area contributed by atoms with Crippen LogP contribution >= 0.6 is 0 Å². The molecule has 0 aromatic heterocycles. The highest BCUT2D eigenvalue weighted by Gasteiger charge is 2.40. The van der Waals surface area contributed by atoms with E-state index in [1.165, 1.54) is 18.4 Å². The molecule has 3 fully saturated rings. The number of hydrogen-bond donors (Lipinski definition) is 0. The molecular formula is C23H35N3O3S. The summed E-state index contributed by atoms with van der Waals surface area (Å²) < 4.78 is 23.8. The lowest BCUT2D eigenvalue weighted by Gasteiger charge is -2.36. The van der Waals surface area contributed by atoms with Gasteiger partial charge in [-0.05, 0) is 57.7 Å². The fraction of sp³-hybridized carbons (Fsp3) is 0.696. The van der Waals surface area contributed by atoms with Gasteiger partial charge in [0.1, 0.15) is 0 Å². The second-order valence-corrected chi connectivity index (χ2v) is 11.3. The lowest BCUT2D eigenvalue weighted by molar-refractivity contribution is -0.134. The van der Waals surface area contributed by atoms with E-state index in [-0.39, 0.29) is 23.5 Å². The number of hydrogen-bond acceptors (Lipinski definition) is 5. The Labute approximate surface area is 181 Å². The van der Waals surface area contributed by atoms with Gasteiger partial charge in [0.05, 0.1) is 18.1 Å². The Morgan fingerprint density at radius 3 is 2.33 bits per heavy atom. The summed E-state index contributed by atoms with van der Waals surface area (Å²) in [6.07, 6.45) is 5.28. The number of likely N-dealkylation sites (tertiary alicyclic amines) is 2. The molecule has 6 nitrogen and oxygen atoms in total. The smallest absolute Gasteiger partial charge is 0.237 e. The first-order chi connectivity index (χ1) is 14.5. The highest BCUT2D eigenvalue weighted by Crippen LogP contribution is 2.31. The van der Waals surface area contributed by atoms with Crippen LogP contribution in [0.4, 0.5) is 0 Å². The summed E-state index contributed by atoms with van der Waals surface area (Å²) in [5.41, 5.74) is 1.35. The van der Waals surface area contributed by atoms with Crippen molar-refractivity contribution in [1.29, 1.82) is 0 Å². The summed E-state index contributed by atoms with van der Waals surface area (Å²) in [6, 6.07) is 11.4. The minimum absolute atomic E-state index is 0.0964. The maximum absolute atomic E-state index is 13.1. The zero-order chi connectivity index (χ0) is 21.1. The molecule has 3 aliphatic heterocycles. The third-order valence-electron chi connectivity index (χ3n) is 7.15. The van der Waals surface area contributed by atoms with Gasteiger partial charge in [0.2, 0.25) is 5.91 Å². The molecule has 1 aromatic rings. The molecule has 3 heterocycles. The van der Waals surface area contributed by atoms with Gasteiger partial charge in [-0.3, -0.25) is 14.6 Å². The number of benzene rings is 1. The van der Waals surface area contributed by atoms with Crippen LogP contribution in [0, 0.1) is 0 Å². The van der Waals surface area contributed by atoms with Crippen LogP contribution in [-0.4, -0.2) is 84.8 Å². The van der Waals surface area contributed by atoms with E-state index in [9.17, 15) is 13.2 Å². The number of likely N-dealkylation sites (N-methyl/N-ethyl adjacent to an activating group) is 1. The Balaban J connectivity index is 1.39.